The minimum atomic E-state index is 0.605. The number of fused-ring (bicyclic) bond motifs is 1. The summed E-state index contributed by atoms with van der Waals surface area (Å²) in [6.45, 7) is 2.16. The van der Waals surface area contributed by atoms with Crippen LogP contribution in [0.15, 0.2) is 36.4 Å². The molecule has 1 unspecified atom stereocenters. The average Bonchev–Trinajstić information content (AvgIpc) is 2.54. The van der Waals surface area contributed by atoms with Gasteiger partial charge in [0.15, 0.2) is 0 Å². The van der Waals surface area contributed by atoms with E-state index < -0.39 is 0 Å². The topological polar surface area (TPSA) is 30.3 Å². The number of benzene rings is 2. The maximum Gasteiger partial charge on any atom is 0.0998 e. The van der Waals surface area contributed by atoms with Crippen LogP contribution < -0.4 is 4.90 Å². The number of hydrogen-bond donors (Lipinski definition) is 0. The van der Waals surface area contributed by atoms with Crippen molar-refractivity contribution in [2.75, 3.05) is 32.1 Å². The van der Waals surface area contributed by atoms with Crippen LogP contribution in [0.2, 0.25) is 0 Å². The Morgan fingerprint density at radius 3 is 2.62 bits per heavy atom. The Morgan fingerprint density at radius 2 is 1.90 bits per heavy atom. The summed E-state index contributed by atoms with van der Waals surface area (Å²) in [7, 11) is 4.32. The van der Waals surface area contributed by atoms with E-state index in [0.29, 0.717) is 6.04 Å². The van der Waals surface area contributed by atoms with Gasteiger partial charge in [0.1, 0.15) is 0 Å². The monoisotopic (exact) mass is 279 g/mol. The normalized spacial score (nSPS) is 19.0. The fraction of sp³-hybridized carbons (Fsp3) is 0.389. The Kier molecular flexibility index (Phi) is 3.81. The standard InChI is InChI=1S/C18H21N3/c1-20(2)15-6-5-11-21(13-15)18-10-9-14(12-19)16-7-3-4-8-17(16)18/h3-4,7-10,15H,5-6,11,13H2,1-2H3. The van der Waals surface area contributed by atoms with Gasteiger partial charge in [0, 0.05) is 35.6 Å². The van der Waals surface area contributed by atoms with Crippen LogP contribution in [0.1, 0.15) is 18.4 Å². The molecule has 0 N–H and O–H groups in total. The molecule has 0 spiro atoms. The molecule has 2 aromatic carbocycles. The molecule has 21 heavy (non-hydrogen) atoms. The number of anilines is 1. The maximum absolute atomic E-state index is 9.28. The van der Waals surface area contributed by atoms with Gasteiger partial charge in [0.05, 0.1) is 11.6 Å². The zero-order valence-electron chi connectivity index (χ0n) is 12.7. The third-order valence-electron chi connectivity index (χ3n) is 4.49. The van der Waals surface area contributed by atoms with E-state index in [-0.39, 0.29) is 0 Å². The molecule has 1 aliphatic rings. The molecule has 0 aliphatic carbocycles. The summed E-state index contributed by atoms with van der Waals surface area (Å²) in [6, 6.07) is 15.2. The van der Waals surface area contributed by atoms with E-state index in [0.717, 1.165) is 24.0 Å². The molecule has 3 heteroatoms. The number of nitriles is 1. The van der Waals surface area contributed by atoms with E-state index in [9.17, 15) is 5.26 Å². The van der Waals surface area contributed by atoms with E-state index in [1.165, 1.54) is 23.9 Å². The first kappa shape index (κ1) is 13.9. The van der Waals surface area contributed by atoms with Crippen molar-refractivity contribution in [3.8, 4) is 6.07 Å². The van der Waals surface area contributed by atoms with Crippen LogP contribution in [0.5, 0.6) is 0 Å². The van der Waals surface area contributed by atoms with Crippen molar-refractivity contribution in [2.45, 2.75) is 18.9 Å². The fourth-order valence-electron chi connectivity index (χ4n) is 3.25. The lowest BCUT2D eigenvalue weighted by Crippen LogP contribution is -2.45. The maximum atomic E-state index is 9.28. The van der Waals surface area contributed by atoms with Gasteiger partial charge in [-0.15, -0.1) is 0 Å². The molecule has 0 amide bonds. The molecule has 0 radical (unpaired) electrons. The lowest BCUT2D eigenvalue weighted by Gasteiger charge is -2.38. The zero-order chi connectivity index (χ0) is 14.8. The largest absolute Gasteiger partial charge is 0.369 e. The molecular formula is C18H21N3. The second-order valence-electron chi connectivity index (χ2n) is 6.00. The molecule has 2 aromatic rings. The molecule has 1 saturated heterocycles. The van der Waals surface area contributed by atoms with Crippen LogP contribution in [0.4, 0.5) is 5.69 Å². The first-order valence-corrected chi connectivity index (χ1v) is 7.54. The van der Waals surface area contributed by atoms with Crippen LogP contribution in [0, 0.1) is 11.3 Å². The molecule has 0 aromatic heterocycles. The molecule has 3 nitrogen and oxygen atoms in total. The second kappa shape index (κ2) is 5.75. The van der Waals surface area contributed by atoms with Gasteiger partial charge in [-0.05, 0) is 39.1 Å². The predicted octanol–water partition coefficient (Wildman–Crippen LogP) is 3.24. The van der Waals surface area contributed by atoms with Crippen LogP contribution >= 0.6 is 0 Å². The van der Waals surface area contributed by atoms with Crippen LogP contribution in [-0.2, 0) is 0 Å². The number of nitrogens with zero attached hydrogens (tertiary/aromatic N) is 3. The fourth-order valence-corrected chi connectivity index (χ4v) is 3.25. The summed E-state index contributed by atoms with van der Waals surface area (Å²) in [5.74, 6) is 0. The number of rotatable bonds is 2. The third kappa shape index (κ3) is 2.59. The molecule has 1 atom stereocenters. The van der Waals surface area contributed by atoms with Gasteiger partial charge in [-0.25, -0.2) is 0 Å². The summed E-state index contributed by atoms with van der Waals surface area (Å²) in [4.78, 5) is 4.79. The summed E-state index contributed by atoms with van der Waals surface area (Å²) in [6.07, 6.45) is 2.48. The zero-order valence-corrected chi connectivity index (χ0v) is 12.7. The van der Waals surface area contributed by atoms with Crippen LogP contribution in [-0.4, -0.2) is 38.1 Å². The van der Waals surface area contributed by atoms with Crippen LogP contribution in [0.25, 0.3) is 10.8 Å². The summed E-state index contributed by atoms with van der Waals surface area (Å²) >= 11 is 0. The van der Waals surface area contributed by atoms with Crippen molar-refractivity contribution in [1.29, 1.82) is 5.26 Å². The Labute approximate surface area is 126 Å². The quantitative estimate of drug-likeness (QED) is 0.845. The molecule has 3 rings (SSSR count). The SMILES string of the molecule is CN(C)C1CCCN(c2ccc(C#N)c3ccccc23)C1. The smallest absolute Gasteiger partial charge is 0.0998 e. The number of likely N-dealkylation sites (N-methyl/N-ethyl adjacent to an activating group) is 1. The van der Waals surface area contributed by atoms with Crippen molar-refractivity contribution in [2.24, 2.45) is 0 Å². The van der Waals surface area contributed by atoms with Crippen LogP contribution in [0.3, 0.4) is 0 Å². The summed E-state index contributed by atoms with van der Waals surface area (Å²) < 4.78 is 0. The molecule has 0 saturated carbocycles. The molecule has 1 heterocycles. The van der Waals surface area contributed by atoms with E-state index in [1.54, 1.807) is 0 Å². The van der Waals surface area contributed by atoms with E-state index >= 15 is 0 Å². The van der Waals surface area contributed by atoms with Crippen molar-refractivity contribution >= 4 is 16.5 Å². The molecule has 1 aliphatic heterocycles. The highest BCUT2D eigenvalue weighted by atomic mass is 15.2. The Bertz CT molecular complexity index is 684. The van der Waals surface area contributed by atoms with Gasteiger partial charge in [-0.2, -0.15) is 5.26 Å². The minimum Gasteiger partial charge on any atom is -0.369 e. The summed E-state index contributed by atoms with van der Waals surface area (Å²) in [5.41, 5.74) is 2.02. The Balaban J connectivity index is 2.03. The Morgan fingerprint density at radius 1 is 1.14 bits per heavy atom. The van der Waals surface area contributed by atoms with Crippen molar-refractivity contribution in [3.05, 3.63) is 42.0 Å². The van der Waals surface area contributed by atoms with Crippen molar-refractivity contribution in [1.82, 2.24) is 4.90 Å². The van der Waals surface area contributed by atoms with E-state index in [2.05, 4.69) is 48.2 Å². The van der Waals surface area contributed by atoms with Gasteiger partial charge in [0.2, 0.25) is 0 Å². The molecular weight excluding hydrogens is 258 g/mol. The first-order chi connectivity index (χ1) is 10.2. The predicted molar refractivity (Wildman–Crippen MR) is 87.6 cm³/mol. The third-order valence-corrected chi connectivity index (χ3v) is 4.49. The minimum absolute atomic E-state index is 0.605. The summed E-state index contributed by atoms with van der Waals surface area (Å²) in [5, 5.41) is 11.5. The van der Waals surface area contributed by atoms with Gasteiger partial charge < -0.3 is 9.80 Å². The highest BCUT2D eigenvalue weighted by Gasteiger charge is 2.22. The average molecular weight is 279 g/mol. The highest BCUT2D eigenvalue weighted by molar-refractivity contribution is 5.97. The van der Waals surface area contributed by atoms with Gasteiger partial charge in [0.25, 0.3) is 0 Å². The number of piperidine rings is 1. The molecule has 0 bridgehead atoms. The highest BCUT2D eigenvalue weighted by Crippen LogP contribution is 2.31. The second-order valence-corrected chi connectivity index (χ2v) is 6.00. The Hall–Kier alpha value is -2.05. The van der Waals surface area contributed by atoms with Gasteiger partial charge in [-0.3, -0.25) is 0 Å². The van der Waals surface area contributed by atoms with Gasteiger partial charge in [-0.1, -0.05) is 24.3 Å². The lowest BCUT2D eigenvalue weighted by atomic mass is 9.99. The van der Waals surface area contributed by atoms with Crippen molar-refractivity contribution in [3.63, 3.8) is 0 Å². The lowest BCUT2D eigenvalue weighted by molar-refractivity contribution is 0.258. The number of hydrogen-bond acceptors (Lipinski definition) is 3. The molecule has 108 valence electrons. The molecule has 1 fully saturated rings. The first-order valence-electron chi connectivity index (χ1n) is 7.54. The van der Waals surface area contributed by atoms with E-state index in [1.807, 2.05) is 18.2 Å². The van der Waals surface area contributed by atoms with Crippen molar-refractivity contribution < 1.29 is 0 Å². The van der Waals surface area contributed by atoms with E-state index in [4.69, 9.17) is 0 Å². The van der Waals surface area contributed by atoms with Gasteiger partial charge >= 0.3 is 0 Å².